The normalized spacial score (nSPS) is 19.2. The summed E-state index contributed by atoms with van der Waals surface area (Å²) in [5.41, 5.74) is 6.35. The molecule has 4 rings (SSSR count). The van der Waals surface area contributed by atoms with E-state index >= 15 is 0 Å². The number of hydrogen-bond acceptors (Lipinski definition) is 0. The van der Waals surface area contributed by atoms with Crippen LogP contribution in [0.25, 0.3) is 0 Å². The van der Waals surface area contributed by atoms with Gasteiger partial charge in [-0.2, -0.15) is 0 Å². The summed E-state index contributed by atoms with van der Waals surface area (Å²) >= 11 is 0. The van der Waals surface area contributed by atoms with Crippen LogP contribution in [0.4, 0.5) is 4.39 Å². The van der Waals surface area contributed by atoms with Gasteiger partial charge in [-0.25, -0.2) is 4.39 Å². The smallest absolute Gasteiger partial charge is 0.126 e. The van der Waals surface area contributed by atoms with Gasteiger partial charge in [0, 0.05) is 0 Å². The number of rotatable bonds is 10. The minimum Gasteiger partial charge on any atom is -0.207 e. The fourth-order valence-electron chi connectivity index (χ4n) is 5.69. The lowest BCUT2D eigenvalue weighted by atomic mass is 9.76. The Morgan fingerprint density at radius 3 is 2.26 bits per heavy atom. The lowest BCUT2D eigenvalue weighted by molar-refractivity contribution is 0.310. The van der Waals surface area contributed by atoms with Gasteiger partial charge in [-0.15, -0.1) is 0 Å². The molecule has 0 amide bonds. The third-order valence-corrected chi connectivity index (χ3v) is 7.98. The van der Waals surface area contributed by atoms with E-state index in [0.717, 1.165) is 42.7 Å². The highest BCUT2D eigenvalue weighted by molar-refractivity contribution is 5.29. The van der Waals surface area contributed by atoms with Crippen molar-refractivity contribution in [3.05, 3.63) is 119 Å². The van der Waals surface area contributed by atoms with Crippen LogP contribution in [-0.2, 0) is 19.3 Å². The van der Waals surface area contributed by atoms with Crippen LogP contribution in [0.15, 0.2) is 84.9 Å². The summed E-state index contributed by atoms with van der Waals surface area (Å²) in [5, 5.41) is 0. The van der Waals surface area contributed by atoms with Crippen molar-refractivity contribution in [1.82, 2.24) is 0 Å². The zero-order valence-corrected chi connectivity index (χ0v) is 21.6. The summed E-state index contributed by atoms with van der Waals surface area (Å²) in [6, 6.07) is 26.2. The Hall–Kier alpha value is -2.67. The van der Waals surface area contributed by atoms with Crippen LogP contribution in [0, 0.1) is 11.7 Å². The molecule has 1 fully saturated rings. The highest BCUT2D eigenvalue weighted by Gasteiger charge is 2.22. The first-order valence-electron chi connectivity index (χ1n) is 13.6. The molecule has 1 saturated carbocycles. The van der Waals surface area contributed by atoms with Crippen LogP contribution < -0.4 is 0 Å². The summed E-state index contributed by atoms with van der Waals surface area (Å²) in [5.74, 6) is 1.98. The quantitative estimate of drug-likeness (QED) is 0.260. The molecule has 1 heteroatoms. The van der Waals surface area contributed by atoms with Crippen molar-refractivity contribution >= 4 is 0 Å². The van der Waals surface area contributed by atoms with Gasteiger partial charge in [-0.1, -0.05) is 85.8 Å². The number of halogens is 1. The largest absolute Gasteiger partial charge is 0.207 e. The van der Waals surface area contributed by atoms with Crippen LogP contribution in [0.1, 0.15) is 92.0 Å². The predicted molar refractivity (Wildman–Crippen MR) is 148 cm³/mol. The molecule has 184 valence electrons. The van der Waals surface area contributed by atoms with Crippen molar-refractivity contribution in [2.75, 3.05) is 0 Å². The van der Waals surface area contributed by atoms with E-state index in [1.54, 1.807) is 6.07 Å². The molecule has 35 heavy (non-hydrogen) atoms. The first-order chi connectivity index (χ1) is 17.1. The van der Waals surface area contributed by atoms with E-state index in [2.05, 4.69) is 73.7 Å². The molecule has 1 aliphatic carbocycles. The van der Waals surface area contributed by atoms with Crippen molar-refractivity contribution in [2.24, 2.45) is 5.92 Å². The van der Waals surface area contributed by atoms with Gasteiger partial charge in [0.05, 0.1) is 0 Å². The first kappa shape index (κ1) is 25.4. The van der Waals surface area contributed by atoms with Crippen LogP contribution in [0.3, 0.4) is 0 Å². The Balaban J connectivity index is 1.22. The standard InChI is InChI=1S/C34H41F/c1-3-4-6-11-33-23-18-29(25-34(33)35)13-12-27-14-19-31(20-15-27)32-21-16-28(17-22-32)24-26(2)30-9-7-5-8-10-30/h3-5,7-10,16-18,21-23,25-27,31H,6,11-15,19-20,24H2,1-2H3/t26-,27?,31?/m0/s1. The van der Waals surface area contributed by atoms with E-state index in [9.17, 15) is 4.39 Å². The summed E-state index contributed by atoms with van der Waals surface area (Å²) in [6.45, 7) is 4.33. The SMILES string of the molecule is CC=CCCc1ccc(CCC2CCC(c3ccc(C[C@H](C)c4ccccc4)cc3)CC2)cc1F. The predicted octanol–water partition coefficient (Wildman–Crippen LogP) is 9.59. The molecule has 3 aromatic rings. The molecule has 0 unspecified atom stereocenters. The second-order valence-electron chi connectivity index (χ2n) is 10.5. The molecule has 0 nitrogen and oxygen atoms in total. The number of benzene rings is 3. The van der Waals surface area contributed by atoms with E-state index in [1.807, 2.05) is 19.1 Å². The maximum atomic E-state index is 14.4. The second kappa shape index (κ2) is 12.9. The second-order valence-corrected chi connectivity index (χ2v) is 10.5. The number of hydrogen-bond donors (Lipinski definition) is 0. The highest BCUT2D eigenvalue weighted by Crippen LogP contribution is 2.38. The Morgan fingerprint density at radius 1 is 0.857 bits per heavy atom. The fourth-order valence-corrected chi connectivity index (χ4v) is 5.69. The average Bonchev–Trinajstić information content (AvgIpc) is 2.90. The van der Waals surface area contributed by atoms with Gasteiger partial charge in [-0.3, -0.25) is 0 Å². The maximum absolute atomic E-state index is 14.4. The minimum atomic E-state index is -0.0303. The number of aryl methyl sites for hydroxylation is 2. The van der Waals surface area contributed by atoms with Gasteiger partial charge in [-0.05, 0) is 116 Å². The van der Waals surface area contributed by atoms with Gasteiger partial charge in [0.15, 0.2) is 0 Å². The van der Waals surface area contributed by atoms with Crippen molar-refractivity contribution < 1.29 is 4.39 Å². The van der Waals surface area contributed by atoms with Crippen molar-refractivity contribution in [2.45, 2.75) is 83.5 Å². The summed E-state index contributed by atoms with van der Waals surface area (Å²) in [7, 11) is 0. The van der Waals surface area contributed by atoms with Crippen LogP contribution in [-0.4, -0.2) is 0 Å². The molecular formula is C34H41F. The molecule has 0 spiro atoms. The zero-order chi connectivity index (χ0) is 24.5. The molecule has 0 aliphatic heterocycles. The third-order valence-electron chi connectivity index (χ3n) is 7.98. The zero-order valence-electron chi connectivity index (χ0n) is 21.6. The lowest BCUT2D eigenvalue weighted by Crippen LogP contribution is -2.14. The van der Waals surface area contributed by atoms with E-state index < -0.39 is 0 Å². The van der Waals surface area contributed by atoms with Crippen molar-refractivity contribution in [1.29, 1.82) is 0 Å². The molecule has 1 aliphatic rings. The Labute approximate surface area is 212 Å². The lowest BCUT2D eigenvalue weighted by Gasteiger charge is -2.29. The van der Waals surface area contributed by atoms with Crippen LogP contribution >= 0.6 is 0 Å². The van der Waals surface area contributed by atoms with Crippen molar-refractivity contribution in [3.63, 3.8) is 0 Å². The van der Waals surface area contributed by atoms with Crippen LogP contribution in [0.5, 0.6) is 0 Å². The summed E-state index contributed by atoms with van der Waals surface area (Å²) in [4.78, 5) is 0. The molecule has 3 aromatic carbocycles. The highest BCUT2D eigenvalue weighted by atomic mass is 19.1. The van der Waals surface area contributed by atoms with E-state index in [1.165, 1.54) is 48.8 Å². The number of allylic oxidation sites excluding steroid dienone is 2. The van der Waals surface area contributed by atoms with Gasteiger partial charge in [0.25, 0.3) is 0 Å². The van der Waals surface area contributed by atoms with Crippen molar-refractivity contribution in [3.8, 4) is 0 Å². The third kappa shape index (κ3) is 7.40. The summed E-state index contributed by atoms with van der Waals surface area (Å²) in [6.07, 6.45) is 14.2. The van der Waals surface area contributed by atoms with Crippen LogP contribution in [0.2, 0.25) is 0 Å². The molecule has 0 saturated heterocycles. The van der Waals surface area contributed by atoms with E-state index in [0.29, 0.717) is 11.8 Å². The molecule has 0 heterocycles. The maximum Gasteiger partial charge on any atom is 0.126 e. The average molecular weight is 469 g/mol. The van der Waals surface area contributed by atoms with Gasteiger partial charge in [0.2, 0.25) is 0 Å². The molecule has 0 radical (unpaired) electrons. The first-order valence-corrected chi connectivity index (χ1v) is 13.6. The fraction of sp³-hybridized carbons (Fsp3) is 0.412. The van der Waals surface area contributed by atoms with Gasteiger partial charge in [0.1, 0.15) is 5.82 Å². The molecule has 1 atom stereocenters. The minimum absolute atomic E-state index is 0.0303. The summed E-state index contributed by atoms with van der Waals surface area (Å²) < 4.78 is 14.4. The Morgan fingerprint density at radius 2 is 1.57 bits per heavy atom. The molecular weight excluding hydrogens is 427 g/mol. The topological polar surface area (TPSA) is 0 Å². The van der Waals surface area contributed by atoms with E-state index in [-0.39, 0.29) is 5.82 Å². The Kier molecular flexibility index (Phi) is 9.35. The van der Waals surface area contributed by atoms with Gasteiger partial charge < -0.3 is 0 Å². The van der Waals surface area contributed by atoms with E-state index in [4.69, 9.17) is 0 Å². The van der Waals surface area contributed by atoms with Gasteiger partial charge >= 0.3 is 0 Å². The molecule has 0 bridgehead atoms. The molecule has 0 aromatic heterocycles. The Bertz CT molecular complexity index is 1060. The monoisotopic (exact) mass is 468 g/mol. The molecule has 0 N–H and O–H groups in total.